The van der Waals surface area contributed by atoms with Crippen LogP contribution in [0.1, 0.15) is 12.0 Å². The Labute approximate surface area is 105 Å². The zero-order chi connectivity index (χ0) is 13.1. The van der Waals surface area contributed by atoms with Crippen LogP contribution in [0.3, 0.4) is 0 Å². The van der Waals surface area contributed by atoms with Gasteiger partial charge in [0, 0.05) is 5.69 Å². The maximum absolute atomic E-state index is 11.6. The van der Waals surface area contributed by atoms with E-state index in [0.717, 1.165) is 11.3 Å². The molecule has 1 N–H and O–H groups in total. The average Bonchev–Trinajstić information content (AvgIpc) is 2.69. The van der Waals surface area contributed by atoms with Crippen molar-refractivity contribution in [3.8, 4) is 0 Å². The number of ether oxygens (including phenoxy) is 1. The number of β-amino-alcohol motifs (C(OH)–C–C–N with tert-alkyl or cyclic N) is 1. The Kier molecular flexibility index (Phi) is 3.62. The van der Waals surface area contributed by atoms with Gasteiger partial charge in [0.05, 0.1) is 32.6 Å². The molecule has 0 radical (unpaired) electrons. The van der Waals surface area contributed by atoms with Gasteiger partial charge in [0.25, 0.3) is 0 Å². The minimum atomic E-state index is -0.591. The molecule has 1 aliphatic heterocycles. The van der Waals surface area contributed by atoms with Crippen molar-refractivity contribution in [3.63, 3.8) is 0 Å². The van der Waals surface area contributed by atoms with E-state index < -0.39 is 6.10 Å². The smallest absolute Gasteiger partial charge is 0.309 e. The van der Waals surface area contributed by atoms with Crippen LogP contribution >= 0.6 is 0 Å². The number of carbonyl (C=O) groups is 2. The molecule has 1 saturated heterocycles. The molecule has 1 amide bonds. The summed E-state index contributed by atoms with van der Waals surface area (Å²) in [6, 6.07) is 7.11. The summed E-state index contributed by atoms with van der Waals surface area (Å²) in [5, 5.41) is 9.41. The fourth-order valence-electron chi connectivity index (χ4n) is 1.97. The second kappa shape index (κ2) is 5.18. The molecule has 0 bridgehead atoms. The molecule has 0 saturated carbocycles. The molecule has 0 spiro atoms. The molecule has 1 aromatic carbocycles. The van der Waals surface area contributed by atoms with Gasteiger partial charge in [-0.3, -0.25) is 9.59 Å². The normalized spacial score (nSPS) is 19.1. The van der Waals surface area contributed by atoms with Gasteiger partial charge in [-0.25, -0.2) is 0 Å². The minimum absolute atomic E-state index is 0.0804. The maximum atomic E-state index is 11.6. The average molecular weight is 249 g/mol. The second-order valence-electron chi connectivity index (χ2n) is 4.28. The van der Waals surface area contributed by atoms with E-state index in [-0.39, 0.29) is 24.7 Å². The fourth-order valence-corrected chi connectivity index (χ4v) is 1.97. The number of benzene rings is 1. The van der Waals surface area contributed by atoms with E-state index in [4.69, 9.17) is 0 Å². The summed E-state index contributed by atoms with van der Waals surface area (Å²) in [4.78, 5) is 24.2. The number of esters is 1. The third-order valence-corrected chi connectivity index (χ3v) is 2.93. The van der Waals surface area contributed by atoms with Crippen LogP contribution in [0.5, 0.6) is 0 Å². The molecule has 96 valence electrons. The predicted molar refractivity (Wildman–Crippen MR) is 65.1 cm³/mol. The van der Waals surface area contributed by atoms with Gasteiger partial charge in [0.15, 0.2) is 0 Å². The van der Waals surface area contributed by atoms with Gasteiger partial charge >= 0.3 is 5.97 Å². The summed E-state index contributed by atoms with van der Waals surface area (Å²) >= 11 is 0. The predicted octanol–water partition coefficient (Wildman–Crippen LogP) is 0.500. The summed E-state index contributed by atoms with van der Waals surface area (Å²) in [7, 11) is 1.35. The first-order chi connectivity index (χ1) is 8.60. The number of rotatable bonds is 3. The van der Waals surface area contributed by atoms with Crippen molar-refractivity contribution in [2.45, 2.75) is 18.9 Å². The Morgan fingerprint density at radius 1 is 1.44 bits per heavy atom. The van der Waals surface area contributed by atoms with Crippen molar-refractivity contribution in [1.29, 1.82) is 0 Å². The highest BCUT2D eigenvalue weighted by atomic mass is 16.5. The van der Waals surface area contributed by atoms with E-state index in [0.29, 0.717) is 6.54 Å². The van der Waals surface area contributed by atoms with Crippen LogP contribution in [0.15, 0.2) is 24.3 Å². The van der Waals surface area contributed by atoms with Crippen molar-refractivity contribution in [2.75, 3.05) is 18.6 Å². The Hall–Kier alpha value is -1.88. The zero-order valence-electron chi connectivity index (χ0n) is 10.1. The number of aliphatic hydroxyl groups excluding tert-OH is 1. The molecule has 1 atom stereocenters. The molecular formula is C13H15NO4. The number of carbonyl (C=O) groups excluding carboxylic acids is 2. The Balaban J connectivity index is 2.08. The van der Waals surface area contributed by atoms with Crippen LogP contribution in [0.4, 0.5) is 5.69 Å². The Bertz CT molecular complexity index is 455. The van der Waals surface area contributed by atoms with Crippen LogP contribution in [-0.4, -0.2) is 36.7 Å². The van der Waals surface area contributed by atoms with Crippen molar-refractivity contribution < 1.29 is 19.4 Å². The first kappa shape index (κ1) is 12.6. The van der Waals surface area contributed by atoms with Crippen molar-refractivity contribution in [2.24, 2.45) is 0 Å². The van der Waals surface area contributed by atoms with Crippen LogP contribution < -0.4 is 4.90 Å². The lowest BCUT2D eigenvalue weighted by Gasteiger charge is -2.16. The SMILES string of the molecule is COC(=O)Cc1ccc(N2CC(O)CC2=O)cc1. The first-order valence-electron chi connectivity index (χ1n) is 5.74. The number of methoxy groups -OCH3 is 1. The zero-order valence-corrected chi connectivity index (χ0v) is 10.1. The lowest BCUT2D eigenvalue weighted by atomic mass is 10.1. The molecule has 18 heavy (non-hydrogen) atoms. The number of amides is 1. The largest absolute Gasteiger partial charge is 0.469 e. The summed E-state index contributed by atoms with van der Waals surface area (Å²) in [5.41, 5.74) is 1.57. The van der Waals surface area contributed by atoms with Crippen LogP contribution in [0, 0.1) is 0 Å². The van der Waals surface area contributed by atoms with Crippen molar-refractivity contribution in [3.05, 3.63) is 29.8 Å². The van der Waals surface area contributed by atoms with Crippen LogP contribution in [0.2, 0.25) is 0 Å². The quantitative estimate of drug-likeness (QED) is 0.792. The number of hydrogen-bond acceptors (Lipinski definition) is 4. The third kappa shape index (κ3) is 2.68. The summed E-state index contributed by atoms with van der Waals surface area (Å²) < 4.78 is 4.58. The molecule has 1 heterocycles. The second-order valence-corrected chi connectivity index (χ2v) is 4.28. The van der Waals surface area contributed by atoms with Crippen LogP contribution in [-0.2, 0) is 20.7 Å². The topological polar surface area (TPSA) is 66.8 Å². The van der Waals surface area contributed by atoms with E-state index in [2.05, 4.69) is 4.74 Å². The van der Waals surface area contributed by atoms with Gasteiger partial charge in [-0.1, -0.05) is 12.1 Å². The van der Waals surface area contributed by atoms with Crippen LogP contribution in [0.25, 0.3) is 0 Å². The molecule has 1 aliphatic rings. The minimum Gasteiger partial charge on any atom is -0.469 e. The van der Waals surface area contributed by atoms with E-state index in [9.17, 15) is 14.7 Å². The van der Waals surface area contributed by atoms with Gasteiger partial charge < -0.3 is 14.7 Å². The molecule has 0 aliphatic carbocycles. The van der Waals surface area contributed by atoms with E-state index in [1.807, 2.05) is 0 Å². The molecule has 2 rings (SSSR count). The molecule has 0 aromatic heterocycles. The highest BCUT2D eigenvalue weighted by Gasteiger charge is 2.28. The lowest BCUT2D eigenvalue weighted by Crippen LogP contribution is -2.25. The first-order valence-corrected chi connectivity index (χ1v) is 5.74. The number of nitrogens with zero attached hydrogens (tertiary/aromatic N) is 1. The number of anilines is 1. The maximum Gasteiger partial charge on any atom is 0.309 e. The van der Waals surface area contributed by atoms with Crippen molar-refractivity contribution >= 4 is 17.6 Å². The Morgan fingerprint density at radius 2 is 2.11 bits per heavy atom. The fraction of sp³-hybridized carbons (Fsp3) is 0.385. The van der Waals surface area contributed by atoms with Gasteiger partial charge in [-0.05, 0) is 17.7 Å². The van der Waals surface area contributed by atoms with E-state index in [1.54, 1.807) is 29.2 Å². The summed E-state index contributed by atoms with van der Waals surface area (Å²) in [6.45, 7) is 0.329. The molecule has 1 fully saturated rings. The standard InChI is InChI=1S/C13H15NO4/c1-18-13(17)6-9-2-4-10(5-3-9)14-8-11(15)7-12(14)16/h2-5,11,15H,6-8H2,1H3. The van der Waals surface area contributed by atoms with Gasteiger partial charge in [-0.2, -0.15) is 0 Å². The molecule has 1 aromatic rings. The molecular weight excluding hydrogens is 234 g/mol. The number of aliphatic hydroxyl groups is 1. The molecule has 5 heteroatoms. The summed E-state index contributed by atoms with van der Waals surface area (Å²) in [6.07, 6.45) is -0.204. The third-order valence-electron chi connectivity index (χ3n) is 2.93. The summed E-state index contributed by atoms with van der Waals surface area (Å²) in [5.74, 6) is -0.376. The van der Waals surface area contributed by atoms with Crippen molar-refractivity contribution in [1.82, 2.24) is 0 Å². The molecule has 1 unspecified atom stereocenters. The molecule has 5 nitrogen and oxygen atoms in total. The highest BCUT2D eigenvalue weighted by molar-refractivity contribution is 5.96. The monoisotopic (exact) mass is 249 g/mol. The highest BCUT2D eigenvalue weighted by Crippen LogP contribution is 2.22. The van der Waals surface area contributed by atoms with Gasteiger partial charge in [-0.15, -0.1) is 0 Å². The van der Waals surface area contributed by atoms with E-state index in [1.165, 1.54) is 7.11 Å². The Morgan fingerprint density at radius 3 is 2.61 bits per heavy atom. The van der Waals surface area contributed by atoms with E-state index >= 15 is 0 Å². The van der Waals surface area contributed by atoms with Gasteiger partial charge in [0.2, 0.25) is 5.91 Å². The lowest BCUT2D eigenvalue weighted by molar-refractivity contribution is -0.139. The number of hydrogen-bond donors (Lipinski definition) is 1. The van der Waals surface area contributed by atoms with Gasteiger partial charge in [0.1, 0.15) is 0 Å².